The van der Waals surface area contributed by atoms with Crippen LogP contribution in [0.4, 0.5) is 11.6 Å². The second kappa shape index (κ2) is 4.70. The molecule has 0 bridgehead atoms. The van der Waals surface area contributed by atoms with Crippen LogP contribution in [0, 0.1) is 6.92 Å². The van der Waals surface area contributed by atoms with E-state index in [9.17, 15) is 5.11 Å². The summed E-state index contributed by atoms with van der Waals surface area (Å²) in [5.41, 5.74) is 2.90. The van der Waals surface area contributed by atoms with Gasteiger partial charge in [0, 0.05) is 25.1 Å². The standard InChI is InChI=1S/C12H21N5O/c1-4-9-14-10(16-13)8(2)11(15-9)17-6-5-12(3,18)7-17/h18H,4-7,13H2,1-3H3,(H,14,15,16). The molecule has 1 saturated heterocycles. The molecular weight excluding hydrogens is 230 g/mol. The molecule has 1 unspecified atom stereocenters. The molecule has 0 saturated carbocycles. The largest absolute Gasteiger partial charge is 0.388 e. The Kier molecular flexibility index (Phi) is 3.41. The molecule has 1 aromatic heterocycles. The van der Waals surface area contributed by atoms with E-state index in [1.165, 1.54) is 0 Å². The van der Waals surface area contributed by atoms with Crippen molar-refractivity contribution in [2.45, 2.75) is 39.2 Å². The maximum Gasteiger partial charge on any atom is 0.148 e. The van der Waals surface area contributed by atoms with Crippen molar-refractivity contribution in [3.05, 3.63) is 11.4 Å². The van der Waals surface area contributed by atoms with E-state index in [2.05, 4.69) is 20.3 Å². The molecular formula is C12H21N5O. The molecule has 1 aliphatic rings. The van der Waals surface area contributed by atoms with Crippen LogP contribution in [-0.4, -0.2) is 33.8 Å². The summed E-state index contributed by atoms with van der Waals surface area (Å²) in [5.74, 6) is 7.77. The third-order valence-electron chi connectivity index (χ3n) is 3.37. The van der Waals surface area contributed by atoms with Crippen molar-refractivity contribution in [3.8, 4) is 0 Å². The van der Waals surface area contributed by atoms with Crippen LogP contribution in [0.25, 0.3) is 0 Å². The van der Waals surface area contributed by atoms with E-state index in [-0.39, 0.29) is 0 Å². The molecule has 6 heteroatoms. The third kappa shape index (κ3) is 2.39. The average Bonchev–Trinajstić information content (AvgIpc) is 2.70. The lowest BCUT2D eigenvalue weighted by Crippen LogP contribution is -2.31. The van der Waals surface area contributed by atoms with E-state index in [0.717, 1.165) is 36.6 Å². The molecule has 1 aliphatic heterocycles. The molecule has 100 valence electrons. The van der Waals surface area contributed by atoms with Gasteiger partial charge in [0.1, 0.15) is 17.5 Å². The molecule has 2 heterocycles. The number of hydrogen-bond acceptors (Lipinski definition) is 6. The lowest BCUT2D eigenvalue weighted by atomic mass is 10.1. The lowest BCUT2D eigenvalue weighted by Gasteiger charge is -2.23. The van der Waals surface area contributed by atoms with Crippen LogP contribution < -0.4 is 16.2 Å². The third-order valence-corrected chi connectivity index (χ3v) is 3.37. The van der Waals surface area contributed by atoms with Gasteiger partial charge in [-0.1, -0.05) is 6.92 Å². The molecule has 1 atom stereocenters. The Balaban J connectivity index is 2.38. The highest BCUT2D eigenvalue weighted by Crippen LogP contribution is 2.29. The highest BCUT2D eigenvalue weighted by molar-refractivity contribution is 5.59. The maximum atomic E-state index is 10.0. The number of nitrogens with zero attached hydrogens (tertiary/aromatic N) is 3. The van der Waals surface area contributed by atoms with Crippen LogP contribution in [0.2, 0.25) is 0 Å². The van der Waals surface area contributed by atoms with Gasteiger partial charge in [0.15, 0.2) is 0 Å². The number of β-amino-alcohol motifs (C(OH)–C–C–N with tert-alkyl or cyclic N) is 1. The van der Waals surface area contributed by atoms with Crippen molar-refractivity contribution in [1.29, 1.82) is 0 Å². The van der Waals surface area contributed by atoms with Gasteiger partial charge in [0.25, 0.3) is 0 Å². The molecule has 0 spiro atoms. The first-order valence-electron chi connectivity index (χ1n) is 6.28. The summed E-state index contributed by atoms with van der Waals surface area (Å²) < 4.78 is 0. The molecule has 1 aromatic rings. The van der Waals surface area contributed by atoms with Gasteiger partial charge in [-0.15, -0.1) is 0 Å². The van der Waals surface area contributed by atoms with Gasteiger partial charge in [-0.05, 0) is 20.3 Å². The molecule has 0 amide bonds. The Morgan fingerprint density at radius 1 is 1.50 bits per heavy atom. The Morgan fingerprint density at radius 3 is 2.72 bits per heavy atom. The second-order valence-corrected chi connectivity index (χ2v) is 5.10. The SMILES string of the molecule is CCc1nc(NN)c(C)c(N2CCC(C)(O)C2)n1. The van der Waals surface area contributed by atoms with E-state index in [4.69, 9.17) is 5.84 Å². The normalized spacial score (nSPS) is 23.5. The molecule has 0 aromatic carbocycles. The van der Waals surface area contributed by atoms with Gasteiger partial charge in [-0.2, -0.15) is 0 Å². The Bertz CT molecular complexity index is 446. The summed E-state index contributed by atoms with van der Waals surface area (Å²) in [6.45, 7) is 7.20. The van der Waals surface area contributed by atoms with Crippen molar-refractivity contribution < 1.29 is 5.11 Å². The van der Waals surface area contributed by atoms with Gasteiger partial charge in [-0.3, -0.25) is 0 Å². The number of rotatable bonds is 3. The first kappa shape index (κ1) is 13.0. The quantitative estimate of drug-likeness (QED) is 0.538. The number of nitrogen functional groups attached to an aromatic ring is 1. The Hall–Kier alpha value is -1.40. The summed E-state index contributed by atoms with van der Waals surface area (Å²) in [7, 11) is 0. The summed E-state index contributed by atoms with van der Waals surface area (Å²) in [6, 6.07) is 0. The van der Waals surface area contributed by atoms with Crippen LogP contribution in [0.1, 0.15) is 31.7 Å². The number of hydrazine groups is 1. The van der Waals surface area contributed by atoms with Gasteiger partial charge >= 0.3 is 0 Å². The van der Waals surface area contributed by atoms with Crippen LogP contribution in [0.5, 0.6) is 0 Å². The average molecular weight is 251 g/mol. The van der Waals surface area contributed by atoms with Crippen molar-refractivity contribution in [2.24, 2.45) is 5.84 Å². The monoisotopic (exact) mass is 251 g/mol. The van der Waals surface area contributed by atoms with Gasteiger partial charge < -0.3 is 15.4 Å². The topological polar surface area (TPSA) is 87.3 Å². The zero-order valence-electron chi connectivity index (χ0n) is 11.2. The maximum absolute atomic E-state index is 10.0. The van der Waals surface area contributed by atoms with Crippen LogP contribution in [0.15, 0.2) is 0 Å². The number of hydrogen-bond donors (Lipinski definition) is 3. The summed E-state index contributed by atoms with van der Waals surface area (Å²) in [6.07, 6.45) is 1.51. The van der Waals surface area contributed by atoms with E-state index in [0.29, 0.717) is 12.4 Å². The first-order valence-corrected chi connectivity index (χ1v) is 6.28. The van der Waals surface area contributed by atoms with Crippen molar-refractivity contribution in [1.82, 2.24) is 9.97 Å². The van der Waals surface area contributed by atoms with Crippen molar-refractivity contribution in [3.63, 3.8) is 0 Å². The highest BCUT2D eigenvalue weighted by atomic mass is 16.3. The summed E-state index contributed by atoms with van der Waals surface area (Å²) in [5, 5.41) is 10.0. The zero-order chi connectivity index (χ0) is 13.3. The number of aryl methyl sites for hydroxylation is 1. The fraction of sp³-hybridized carbons (Fsp3) is 0.667. The summed E-state index contributed by atoms with van der Waals surface area (Å²) >= 11 is 0. The molecule has 0 aliphatic carbocycles. The minimum Gasteiger partial charge on any atom is -0.388 e. The molecule has 2 rings (SSSR count). The van der Waals surface area contributed by atoms with E-state index in [1.54, 1.807) is 0 Å². The predicted molar refractivity (Wildman–Crippen MR) is 71.4 cm³/mol. The number of nitrogens with one attached hydrogen (secondary N) is 1. The highest BCUT2D eigenvalue weighted by Gasteiger charge is 2.33. The molecule has 18 heavy (non-hydrogen) atoms. The van der Waals surface area contributed by atoms with Crippen LogP contribution in [-0.2, 0) is 6.42 Å². The van der Waals surface area contributed by atoms with E-state index in [1.807, 2.05) is 20.8 Å². The smallest absolute Gasteiger partial charge is 0.148 e. The van der Waals surface area contributed by atoms with Crippen LogP contribution in [0.3, 0.4) is 0 Å². The minimum atomic E-state index is -0.639. The Morgan fingerprint density at radius 2 is 2.22 bits per heavy atom. The number of nitrogens with two attached hydrogens (primary N) is 1. The minimum absolute atomic E-state index is 0.595. The molecule has 6 nitrogen and oxygen atoms in total. The number of anilines is 2. The Labute approximate surface area is 107 Å². The fourth-order valence-electron chi connectivity index (χ4n) is 2.28. The van der Waals surface area contributed by atoms with Gasteiger partial charge in [0.2, 0.25) is 0 Å². The number of aromatic nitrogens is 2. The lowest BCUT2D eigenvalue weighted by molar-refractivity contribution is 0.0839. The van der Waals surface area contributed by atoms with Crippen molar-refractivity contribution in [2.75, 3.05) is 23.4 Å². The fourth-order valence-corrected chi connectivity index (χ4v) is 2.28. The first-order chi connectivity index (χ1) is 8.46. The zero-order valence-corrected chi connectivity index (χ0v) is 11.2. The molecule has 0 radical (unpaired) electrons. The second-order valence-electron chi connectivity index (χ2n) is 5.10. The van der Waals surface area contributed by atoms with E-state index < -0.39 is 5.60 Å². The molecule has 4 N–H and O–H groups in total. The van der Waals surface area contributed by atoms with Gasteiger partial charge in [-0.25, -0.2) is 15.8 Å². The molecule has 1 fully saturated rings. The van der Waals surface area contributed by atoms with Gasteiger partial charge in [0.05, 0.1) is 5.60 Å². The number of aliphatic hydroxyl groups is 1. The predicted octanol–water partition coefficient (Wildman–Crippen LogP) is 0.594. The van der Waals surface area contributed by atoms with Crippen molar-refractivity contribution >= 4 is 11.6 Å². The van der Waals surface area contributed by atoms with Crippen LogP contribution >= 0.6 is 0 Å². The van der Waals surface area contributed by atoms with E-state index >= 15 is 0 Å². The summed E-state index contributed by atoms with van der Waals surface area (Å²) in [4.78, 5) is 11.0.